The lowest BCUT2D eigenvalue weighted by Gasteiger charge is -2.41. The Hall–Kier alpha value is -4.03. The van der Waals surface area contributed by atoms with Crippen LogP contribution in [0.4, 0.5) is 0 Å². The number of carbonyl (C=O) groups excluding carboxylic acids is 3. The highest BCUT2D eigenvalue weighted by atomic mass is 16.6. The van der Waals surface area contributed by atoms with Crippen molar-refractivity contribution in [1.82, 2.24) is 0 Å². The Bertz CT molecular complexity index is 1180. The van der Waals surface area contributed by atoms with Crippen molar-refractivity contribution in [2.75, 3.05) is 21.3 Å². The number of phenols is 2. The van der Waals surface area contributed by atoms with Gasteiger partial charge >= 0.3 is 17.9 Å². The smallest absolute Gasteiger partial charge is 0.338 e. The summed E-state index contributed by atoms with van der Waals surface area (Å²) >= 11 is 0. The van der Waals surface area contributed by atoms with E-state index in [1.165, 1.54) is 50.6 Å². The standard InChI is InChI=1S/C26H30O12/c1-34-19-6-4-14(8-16(19)27)10-22(30)37-21-13-26(33,25(32)36-3)12-18(29)24(21)38-23(31)11-15-5-7-20(35-2)17(28)9-15/h4-9,18,21,24,27-29,33H,10-13H2,1-3H3/t18-,21+,24+,26+/m0/s1. The quantitative estimate of drug-likeness (QED) is 0.263. The van der Waals surface area contributed by atoms with Gasteiger partial charge in [-0.15, -0.1) is 0 Å². The number of hydrogen-bond donors (Lipinski definition) is 4. The SMILES string of the molecule is COC(=O)[C@@]1(O)C[C@H](O)[C@@H](OC(=O)Cc2ccc(OC)c(O)c2)[C@H](OC(=O)Cc2ccc(OC)c(O)c2)C1. The number of rotatable bonds is 9. The van der Waals surface area contributed by atoms with Crippen LogP contribution in [0.3, 0.4) is 0 Å². The average molecular weight is 535 g/mol. The Labute approximate surface area is 218 Å². The maximum absolute atomic E-state index is 12.7. The van der Waals surface area contributed by atoms with Gasteiger partial charge in [-0.2, -0.15) is 0 Å². The van der Waals surface area contributed by atoms with Crippen molar-refractivity contribution >= 4 is 17.9 Å². The molecular weight excluding hydrogens is 504 g/mol. The highest BCUT2D eigenvalue weighted by molar-refractivity contribution is 5.80. The minimum absolute atomic E-state index is 0.185. The summed E-state index contributed by atoms with van der Waals surface area (Å²) in [6.45, 7) is 0. The van der Waals surface area contributed by atoms with E-state index in [1.807, 2.05) is 0 Å². The van der Waals surface area contributed by atoms with E-state index in [-0.39, 0.29) is 35.8 Å². The molecule has 0 aliphatic heterocycles. The van der Waals surface area contributed by atoms with Crippen LogP contribution in [0.2, 0.25) is 0 Å². The molecule has 1 saturated carbocycles. The third-order valence-electron chi connectivity index (χ3n) is 6.13. The molecule has 12 nitrogen and oxygen atoms in total. The van der Waals surface area contributed by atoms with Crippen molar-refractivity contribution in [1.29, 1.82) is 0 Å². The van der Waals surface area contributed by atoms with Crippen LogP contribution in [0, 0.1) is 0 Å². The van der Waals surface area contributed by atoms with E-state index in [0.717, 1.165) is 7.11 Å². The predicted octanol–water partition coefficient (Wildman–Crippen LogP) is 0.783. The first-order valence-corrected chi connectivity index (χ1v) is 11.6. The van der Waals surface area contributed by atoms with Crippen LogP contribution in [0.5, 0.6) is 23.0 Å². The number of phenolic OH excluding ortho intramolecular Hbond substituents is 2. The molecule has 4 atom stereocenters. The normalized spacial score (nSPS) is 22.7. The van der Waals surface area contributed by atoms with Crippen molar-refractivity contribution in [2.45, 2.75) is 49.6 Å². The molecule has 2 aromatic carbocycles. The van der Waals surface area contributed by atoms with Gasteiger partial charge in [0, 0.05) is 12.8 Å². The molecule has 2 aromatic rings. The number of hydrogen-bond acceptors (Lipinski definition) is 12. The molecule has 0 amide bonds. The number of methoxy groups -OCH3 is 3. The van der Waals surface area contributed by atoms with E-state index in [0.29, 0.717) is 11.1 Å². The van der Waals surface area contributed by atoms with E-state index < -0.39 is 54.7 Å². The summed E-state index contributed by atoms with van der Waals surface area (Å²) in [5.74, 6) is -2.65. The van der Waals surface area contributed by atoms with E-state index in [2.05, 4.69) is 4.74 Å². The van der Waals surface area contributed by atoms with Crippen molar-refractivity contribution in [2.24, 2.45) is 0 Å². The third kappa shape index (κ3) is 6.64. The second-order valence-electron chi connectivity index (χ2n) is 8.85. The summed E-state index contributed by atoms with van der Waals surface area (Å²) in [6, 6.07) is 8.61. The molecule has 0 bridgehead atoms. The minimum atomic E-state index is -2.19. The average Bonchev–Trinajstić information content (AvgIpc) is 2.85. The second kappa shape index (κ2) is 12.0. The zero-order valence-corrected chi connectivity index (χ0v) is 21.1. The zero-order valence-electron chi connectivity index (χ0n) is 21.1. The molecule has 3 rings (SSSR count). The highest BCUT2D eigenvalue weighted by Gasteiger charge is 2.53. The summed E-state index contributed by atoms with van der Waals surface area (Å²) in [7, 11) is 3.81. The van der Waals surface area contributed by atoms with Crippen LogP contribution in [-0.2, 0) is 41.4 Å². The molecule has 1 fully saturated rings. The van der Waals surface area contributed by atoms with Crippen LogP contribution in [0.1, 0.15) is 24.0 Å². The van der Waals surface area contributed by atoms with Gasteiger partial charge in [-0.05, 0) is 35.4 Å². The van der Waals surface area contributed by atoms with Crippen molar-refractivity contribution < 1.29 is 58.5 Å². The van der Waals surface area contributed by atoms with Crippen molar-refractivity contribution in [3.63, 3.8) is 0 Å². The van der Waals surface area contributed by atoms with Gasteiger partial charge in [-0.3, -0.25) is 9.59 Å². The van der Waals surface area contributed by atoms with E-state index in [1.54, 1.807) is 0 Å². The van der Waals surface area contributed by atoms with Crippen LogP contribution < -0.4 is 9.47 Å². The molecular formula is C26H30O12. The fourth-order valence-corrected chi connectivity index (χ4v) is 4.29. The highest BCUT2D eigenvalue weighted by Crippen LogP contribution is 2.35. The first-order valence-electron chi connectivity index (χ1n) is 11.6. The molecule has 0 spiro atoms. The fraction of sp³-hybridized carbons (Fsp3) is 0.423. The molecule has 1 aliphatic carbocycles. The Morgan fingerprint density at radius 3 is 1.79 bits per heavy atom. The lowest BCUT2D eigenvalue weighted by Crippen LogP contribution is -2.58. The Morgan fingerprint density at radius 1 is 0.842 bits per heavy atom. The van der Waals surface area contributed by atoms with Gasteiger partial charge in [0.25, 0.3) is 0 Å². The van der Waals surface area contributed by atoms with Crippen LogP contribution in [-0.4, -0.2) is 83.6 Å². The van der Waals surface area contributed by atoms with Crippen molar-refractivity contribution in [3.8, 4) is 23.0 Å². The molecule has 38 heavy (non-hydrogen) atoms. The van der Waals surface area contributed by atoms with Gasteiger partial charge in [0.05, 0.1) is 40.3 Å². The Kier molecular flexibility index (Phi) is 9.02. The molecule has 12 heteroatoms. The number of aliphatic hydroxyl groups excluding tert-OH is 1. The maximum Gasteiger partial charge on any atom is 0.338 e. The molecule has 0 heterocycles. The largest absolute Gasteiger partial charge is 0.504 e. The van der Waals surface area contributed by atoms with Crippen LogP contribution in [0.25, 0.3) is 0 Å². The van der Waals surface area contributed by atoms with Gasteiger partial charge in [0.15, 0.2) is 34.7 Å². The Morgan fingerprint density at radius 2 is 1.34 bits per heavy atom. The van der Waals surface area contributed by atoms with Crippen molar-refractivity contribution in [3.05, 3.63) is 47.5 Å². The lowest BCUT2D eigenvalue weighted by molar-refractivity contribution is -0.209. The number of benzene rings is 2. The second-order valence-corrected chi connectivity index (χ2v) is 8.85. The number of ether oxygens (including phenoxy) is 5. The molecule has 1 aliphatic rings. The summed E-state index contributed by atoms with van der Waals surface area (Å²) in [5, 5.41) is 41.4. The number of aliphatic hydroxyl groups is 2. The van der Waals surface area contributed by atoms with Gasteiger partial charge in [-0.25, -0.2) is 4.79 Å². The van der Waals surface area contributed by atoms with E-state index >= 15 is 0 Å². The lowest BCUT2D eigenvalue weighted by atomic mass is 9.79. The van der Waals surface area contributed by atoms with Crippen LogP contribution >= 0.6 is 0 Å². The van der Waals surface area contributed by atoms with Crippen LogP contribution in [0.15, 0.2) is 36.4 Å². The minimum Gasteiger partial charge on any atom is -0.504 e. The van der Waals surface area contributed by atoms with E-state index in [9.17, 15) is 34.8 Å². The first-order chi connectivity index (χ1) is 18.0. The van der Waals surface area contributed by atoms with Gasteiger partial charge in [0.2, 0.25) is 0 Å². The third-order valence-corrected chi connectivity index (χ3v) is 6.13. The van der Waals surface area contributed by atoms with Gasteiger partial charge in [0.1, 0.15) is 6.10 Å². The first kappa shape index (κ1) is 28.5. The summed E-state index contributed by atoms with van der Waals surface area (Å²) in [4.78, 5) is 37.6. The molecule has 0 unspecified atom stereocenters. The predicted molar refractivity (Wildman–Crippen MR) is 129 cm³/mol. The Balaban J connectivity index is 1.77. The van der Waals surface area contributed by atoms with Gasteiger partial charge < -0.3 is 44.1 Å². The molecule has 0 saturated heterocycles. The zero-order chi connectivity index (χ0) is 28.0. The topological polar surface area (TPSA) is 178 Å². The molecule has 0 radical (unpaired) electrons. The number of aromatic hydroxyl groups is 2. The molecule has 206 valence electrons. The number of esters is 3. The van der Waals surface area contributed by atoms with Gasteiger partial charge in [-0.1, -0.05) is 12.1 Å². The summed E-state index contributed by atoms with van der Waals surface area (Å²) in [5.41, 5.74) is -1.43. The fourth-order valence-electron chi connectivity index (χ4n) is 4.29. The number of carbonyl (C=O) groups is 3. The maximum atomic E-state index is 12.7. The van der Waals surface area contributed by atoms with E-state index in [4.69, 9.17) is 18.9 Å². The monoisotopic (exact) mass is 534 g/mol. The summed E-state index contributed by atoms with van der Waals surface area (Å²) in [6.07, 6.45) is -6.04. The summed E-state index contributed by atoms with van der Waals surface area (Å²) < 4.78 is 25.4. The molecule has 0 aromatic heterocycles. The molecule has 4 N–H and O–H groups in total.